The normalized spacial score (nSPS) is 18.7. The third-order valence-corrected chi connectivity index (χ3v) is 8.44. The molecule has 1 atom stereocenters. The number of hydrogen-bond acceptors (Lipinski definition) is 6. The van der Waals surface area contributed by atoms with E-state index in [0.717, 1.165) is 23.0 Å². The molecule has 212 valence electrons. The van der Waals surface area contributed by atoms with Crippen LogP contribution in [0.4, 0.5) is 0 Å². The molecule has 0 unspecified atom stereocenters. The highest BCUT2D eigenvalue weighted by atomic mass is 16.5. The monoisotopic (exact) mass is 547 g/mol. The lowest BCUT2D eigenvalue weighted by atomic mass is 9.78. The van der Waals surface area contributed by atoms with Gasteiger partial charge in [-0.15, -0.1) is 0 Å². The summed E-state index contributed by atoms with van der Waals surface area (Å²) in [5.41, 5.74) is 4.40. The lowest BCUT2D eigenvalue weighted by molar-refractivity contribution is -0.147. The summed E-state index contributed by atoms with van der Waals surface area (Å²) in [6, 6.07) is 14.2. The Labute approximate surface area is 233 Å². The van der Waals surface area contributed by atoms with E-state index in [1.807, 2.05) is 18.2 Å². The molecule has 0 radical (unpaired) electrons. The van der Waals surface area contributed by atoms with E-state index in [1.54, 1.807) is 14.2 Å². The Morgan fingerprint density at radius 3 is 2.60 bits per heavy atom. The molecule has 0 saturated heterocycles. The number of methoxy groups -OCH3 is 1. The maximum atomic E-state index is 12.3. The molecule has 1 fully saturated rings. The van der Waals surface area contributed by atoms with E-state index in [2.05, 4.69) is 30.0 Å². The fourth-order valence-electron chi connectivity index (χ4n) is 5.89. The van der Waals surface area contributed by atoms with Crippen LogP contribution >= 0.6 is 0 Å². The first-order valence-corrected chi connectivity index (χ1v) is 13.9. The second kappa shape index (κ2) is 11.7. The number of ether oxygens (including phenoxy) is 2. The van der Waals surface area contributed by atoms with Crippen LogP contribution in [0.2, 0.25) is 0 Å². The number of fused-ring (bicyclic) bond motifs is 1. The fraction of sp³-hybridized carbons (Fsp3) is 0.452. The van der Waals surface area contributed by atoms with Gasteiger partial charge in [-0.2, -0.15) is 0 Å². The Balaban J connectivity index is 1.32. The molecule has 1 aromatic heterocycles. The molecule has 9 nitrogen and oxygen atoms in total. The minimum Gasteiger partial charge on any atom is -0.493 e. The van der Waals surface area contributed by atoms with Crippen molar-refractivity contribution in [3.63, 3.8) is 0 Å². The maximum Gasteiger partial charge on any atom is 0.330 e. The summed E-state index contributed by atoms with van der Waals surface area (Å²) in [7, 11) is 3.18. The molecular formula is C31H37N3O6. The van der Waals surface area contributed by atoms with Gasteiger partial charge in [-0.3, -0.25) is 19.1 Å². The molecule has 1 N–H and O–H groups in total. The fourth-order valence-corrected chi connectivity index (χ4v) is 5.89. The van der Waals surface area contributed by atoms with Gasteiger partial charge in [0.25, 0.3) is 5.56 Å². The van der Waals surface area contributed by atoms with Crippen molar-refractivity contribution in [3.05, 3.63) is 91.8 Å². The molecule has 0 bridgehead atoms. The number of aromatic nitrogens is 2. The van der Waals surface area contributed by atoms with Crippen molar-refractivity contribution in [3.8, 4) is 11.5 Å². The van der Waals surface area contributed by atoms with Crippen molar-refractivity contribution < 1.29 is 19.4 Å². The maximum absolute atomic E-state index is 12.3. The number of rotatable bonds is 11. The standard InChI is InChI=1S/C31H37N3O6/c1-20(23-9-8-22-5-4-6-24(22)16-23)34(26-17-25(18-26)30(36)37)19-21-7-10-27(28(15-21)39-3)40-14-13-33-29(35)11-12-32(2)31(33)38/h7-12,15-16,20,25-26H,4-6,13-14,17-19H2,1-3H3,(H,36,37)/t20-,25?,26?/m1/s1. The van der Waals surface area contributed by atoms with Gasteiger partial charge in [-0.05, 0) is 73.4 Å². The van der Waals surface area contributed by atoms with E-state index in [9.17, 15) is 19.5 Å². The van der Waals surface area contributed by atoms with Gasteiger partial charge in [-0.1, -0.05) is 24.3 Å². The predicted octanol–water partition coefficient (Wildman–Crippen LogP) is 3.55. The molecule has 1 heterocycles. The van der Waals surface area contributed by atoms with Crippen LogP contribution in [0.1, 0.15) is 54.5 Å². The van der Waals surface area contributed by atoms with Crippen LogP contribution in [-0.4, -0.2) is 44.9 Å². The first-order chi connectivity index (χ1) is 19.2. The number of aryl methyl sites for hydroxylation is 3. The quantitative estimate of drug-likeness (QED) is 0.392. The van der Waals surface area contributed by atoms with E-state index in [0.29, 0.717) is 30.9 Å². The summed E-state index contributed by atoms with van der Waals surface area (Å²) in [5.74, 6) is 0.0759. The topological polar surface area (TPSA) is 103 Å². The lowest BCUT2D eigenvalue weighted by Gasteiger charge is -2.44. The Bertz CT molecular complexity index is 1500. The number of carbonyl (C=O) groups is 1. The molecule has 2 aliphatic carbocycles. The van der Waals surface area contributed by atoms with Crippen LogP contribution < -0.4 is 20.7 Å². The third-order valence-electron chi connectivity index (χ3n) is 8.44. The minimum atomic E-state index is -0.722. The van der Waals surface area contributed by atoms with E-state index in [4.69, 9.17) is 9.47 Å². The highest BCUT2D eigenvalue weighted by Gasteiger charge is 2.40. The van der Waals surface area contributed by atoms with E-state index in [1.165, 1.54) is 39.9 Å². The molecule has 3 aromatic rings. The van der Waals surface area contributed by atoms with Gasteiger partial charge in [0, 0.05) is 37.9 Å². The van der Waals surface area contributed by atoms with Gasteiger partial charge >= 0.3 is 11.7 Å². The van der Waals surface area contributed by atoms with Crippen molar-refractivity contribution in [2.24, 2.45) is 13.0 Å². The van der Waals surface area contributed by atoms with Gasteiger partial charge in [0.05, 0.1) is 19.6 Å². The van der Waals surface area contributed by atoms with Gasteiger partial charge < -0.3 is 19.1 Å². The minimum absolute atomic E-state index is 0.121. The molecule has 2 aliphatic rings. The number of benzene rings is 2. The second-order valence-corrected chi connectivity index (χ2v) is 10.9. The molecule has 0 spiro atoms. The van der Waals surface area contributed by atoms with Crippen LogP contribution in [0.15, 0.2) is 58.3 Å². The SMILES string of the molecule is COc1cc(CN(C2CC(C(=O)O)C2)[C@H](C)c2ccc3c(c2)CCC3)ccc1OCCn1c(=O)ccn(C)c1=O. The molecule has 5 rings (SSSR count). The summed E-state index contributed by atoms with van der Waals surface area (Å²) in [4.78, 5) is 38.3. The molecule has 9 heteroatoms. The zero-order valence-corrected chi connectivity index (χ0v) is 23.3. The highest BCUT2D eigenvalue weighted by molar-refractivity contribution is 5.71. The van der Waals surface area contributed by atoms with Crippen molar-refractivity contribution >= 4 is 5.97 Å². The average Bonchev–Trinajstić information content (AvgIpc) is 3.39. The average molecular weight is 548 g/mol. The lowest BCUT2D eigenvalue weighted by Crippen LogP contribution is -2.47. The Morgan fingerprint density at radius 2 is 1.85 bits per heavy atom. The van der Waals surface area contributed by atoms with E-state index < -0.39 is 11.7 Å². The Hall–Kier alpha value is -3.85. The van der Waals surface area contributed by atoms with Gasteiger partial charge in [0.15, 0.2) is 11.5 Å². The first kappa shape index (κ1) is 27.7. The number of nitrogens with zero attached hydrogens (tertiary/aromatic N) is 3. The van der Waals surface area contributed by atoms with Gasteiger partial charge in [0.1, 0.15) is 6.61 Å². The molecular weight excluding hydrogens is 510 g/mol. The predicted molar refractivity (Wildman–Crippen MR) is 151 cm³/mol. The summed E-state index contributed by atoms with van der Waals surface area (Å²) in [5, 5.41) is 9.48. The van der Waals surface area contributed by atoms with Gasteiger partial charge in [0.2, 0.25) is 0 Å². The van der Waals surface area contributed by atoms with Crippen molar-refractivity contribution in [2.75, 3.05) is 13.7 Å². The van der Waals surface area contributed by atoms with Crippen molar-refractivity contribution in [1.29, 1.82) is 0 Å². The molecule has 1 saturated carbocycles. The number of aliphatic carboxylic acids is 1. The summed E-state index contributed by atoms with van der Waals surface area (Å²) < 4.78 is 14.0. The summed E-state index contributed by atoms with van der Waals surface area (Å²) in [6.45, 7) is 3.10. The largest absolute Gasteiger partial charge is 0.493 e. The third kappa shape index (κ3) is 5.70. The number of carboxylic acid groups (broad SMARTS) is 1. The zero-order valence-electron chi connectivity index (χ0n) is 23.3. The molecule has 0 aliphatic heterocycles. The number of hydrogen-bond donors (Lipinski definition) is 1. The van der Waals surface area contributed by atoms with E-state index in [-0.39, 0.29) is 36.7 Å². The van der Waals surface area contributed by atoms with Crippen LogP contribution in [0.25, 0.3) is 0 Å². The van der Waals surface area contributed by atoms with Crippen molar-refractivity contribution in [2.45, 2.75) is 64.2 Å². The zero-order chi connectivity index (χ0) is 28.4. The van der Waals surface area contributed by atoms with Crippen LogP contribution in [0, 0.1) is 5.92 Å². The van der Waals surface area contributed by atoms with E-state index >= 15 is 0 Å². The first-order valence-electron chi connectivity index (χ1n) is 13.9. The molecule has 40 heavy (non-hydrogen) atoms. The molecule has 2 aromatic carbocycles. The highest BCUT2D eigenvalue weighted by Crippen LogP contribution is 2.39. The van der Waals surface area contributed by atoms with Crippen LogP contribution in [-0.2, 0) is 37.8 Å². The Morgan fingerprint density at radius 1 is 1.07 bits per heavy atom. The van der Waals surface area contributed by atoms with Gasteiger partial charge in [-0.25, -0.2) is 4.79 Å². The second-order valence-electron chi connectivity index (χ2n) is 10.9. The smallest absolute Gasteiger partial charge is 0.330 e. The van der Waals surface area contributed by atoms with Crippen LogP contribution in [0.5, 0.6) is 11.5 Å². The van der Waals surface area contributed by atoms with Crippen LogP contribution in [0.3, 0.4) is 0 Å². The molecule has 0 amide bonds. The van der Waals surface area contributed by atoms with Crippen molar-refractivity contribution in [1.82, 2.24) is 14.0 Å². The summed E-state index contributed by atoms with van der Waals surface area (Å²) in [6.07, 6.45) is 6.19. The number of carboxylic acids is 1. The Kier molecular flexibility index (Phi) is 8.12. The summed E-state index contributed by atoms with van der Waals surface area (Å²) >= 11 is 0.